The average Bonchev–Trinajstić information content (AvgIpc) is 3.55. The molecule has 0 spiro atoms. The molecule has 0 saturated heterocycles. The van der Waals surface area contributed by atoms with Crippen molar-refractivity contribution >= 4 is 23.9 Å². The van der Waals surface area contributed by atoms with Crippen molar-refractivity contribution in [1.29, 1.82) is 0 Å². The van der Waals surface area contributed by atoms with Crippen LogP contribution in [0.4, 0.5) is 4.79 Å². The molecule has 12 nitrogen and oxygen atoms in total. The third kappa shape index (κ3) is 8.16. The molecular weight excluding hydrogens is 432 g/mol. The number of carbonyl (C=O) groups is 3. The molecule has 12 heteroatoms. The van der Waals surface area contributed by atoms with E-state index in [0.29, 0.717) is 13.0 Å². The minimum absolute atomic E-state index is 0.0247. The molecule has 0 fully saturated rings. The maximum Gasteiger partial charge on any atom is 0.408 e. The zero-order chi connectivity index (χ0) is 23.3. The molecule has 1 aromatic heterocycles. The first-order chi connectivity index (χ1) is 16.1. The zero-order valence-electron chi connectivity index (χ0n) is 17.9. The van der Waals surface area contributed by atoms with Crippen LogP contribution >= 0.6 is 0 Å². The Balaban J connectivity index is 1.46. The summed E-state index contributed by atoms with van der Waals surface area (Å²) in [5.74, 6) is -0.597. The summed E-state index contributed by atoms with van der Waals surface area (Å²) in [6.07, 6.45) is 1.03. The maximum atomic E-state index is 12.5. The van der Waals surface area contributed by atoms with Crippen molar-refractivity contribution in [2.45, 2.75) is 19.1 Å². The Morgan fingerprint density at radius 2 is 2.00 bits per heavy atom. The van der Waals surface area contributed by atoms with Crippen LogP contribution in [-0.2, 0) is 20.9 Å². The van der Waals surface area contributed by atoms with Gasteiger partial charge < -0.3 is 35.3 Å². The van der Waals surface area contributed by atoms with Crippen molar-refractivity contribution in [2.75, 3.05) is 32.8 Å². The quantitative estimate of drug-likeness (QED) is 0.272. The Bertz CT molecular complexity index is 934. The number of hydrogen-bond acceptors (Lipinski definition) is 10. The molecule has 0 bridgehead atoms. The number of ether oxygens (including phenoxy) is 2. The molecule has 0 saturated carbocycles. The van der Waals surface area contributed by atoms with Crippen molar-refractivity contribution in [3.8, 4) is 0 Å². The number of carbonyl (C=O) groups excluding carboxylic acids is 3. The van der Waals surface area contributed by atoms with Gasteiger partial charge in [0.1, 0.15) is 12.6 Å². The van der Waals surface area contributed by atoms with Crippen molar-refractivity contribution in [3.63, 3.8) is 0 Å². The molecule has 1 atom stereocenters. The molecule has 0 aliphatic carbocycles. The van der Waals surface area contributed by atoms with Crippen LogP contribution in [0.3, 0.4) is 0 Å². The Hall–Kier alpha value is -4.09. The Morgan fingerprint density at radius 1 is 1.15 bits per heavy atom. The Labute approximate surface area is 190 Å². The minimum atomic E-state index is -1.16. The number of benzene rings is 1. The molecule has 2 heterocycles. The second kappa shape index (κ2) is 12.7. The van der Waals surface area contributed by atoms with Gasteiger partial charge in [-0.1, -0.05) is 35.5 Å². The molecular formula is C21H26N6O6. The second-order valence-electron chi connectivity index (χ2n) is 6.95. The number of alkyl carbamates (subject to hydrolysis) is 1. The lowest BCUT2D eigenvalue weighted by Crippen LogP contribution is -2.49. The number of nitrogens with zero attached hydrogens (tertiary/aromatic N) is 2. The first kappa shape index (κ1) is 23.6. The lowest BCUT2D eigenvalue weighted by atomic mass is 10.2. The van der Waals surface area contributed by atoms with Gasteiger partial charge in [0.2, 0.25) is 5.76 Å². The number of aliphatic imine (C=N–C) groups is 1. The predicted octanol–water partition coefficient (Wildman–Crippen LogP) is 0.182. The van der Waals surface area contributed by atoms with Gasteiger partial charge in [-0.25, -0.2) is 9.59 Å². The van der Waals surface area contributed by atoms with Crippen LogP contribution in [-0.4, -0.2) is 67.9 Å². The summed E-state index contributed by atoms with van der Waals surface area (Å²) >= 11 is 0. The van der Waals surface area contributed by atoms with E-state index in [2.05, 4.69) is 31.4 Å². The van der Waals surface area contributed by atoms with E-state index in [1.165, 1.54) is 12.3 Å². The average molecular weight is 458 g/mol. The van der Waals surface area contributed by atoms with Gasteiger partial charge in [0.05, 0.1) is 19.3 Å². The number of esters is 1. The fourth-order valence-corrected chi connectivity index (χ4v) is 2.78. The van der Waals surface area contributed by atoms with E-state index in [1.807, 2.05) is 18.2 Å². The molecule has 176 valence electrons. The van der Waals surface area contributed by atoms with Crippen molar-refractivity contribution in [1.82, 2.24) is 26.4 Å². The van der Waals surface area contributed by atoms with Gasteiger partial charge in [0, 0.05) is 25.7 Å². The molecule has 1 aliphatic rings. The molecule has 1 unspecified atom stereocenters. The van der Waals surface area contributed by atoms with E-state index >= 15 is 0 Å². The van der Waals surface area contributed by atoms with E-state index in [4.69, 9.17) is 14.0 Å². The highest BCUT2D eigenvalue weighted by Gasteiger charge is 2.24. The number of aromatic nitrogens is 1. The largest absolute Gasteiger partial charge is 0.464 e. The highest BCUT2D eigenvalue weighted by Crippen LogP contribution is 2.02. The van der Waals surface area contributed by atoms with Crippen LogP contribution in [0.15, 0.2) is 52.1 Å². The number of amides is 2. The molecule has 1 aliphatic heterocycles. The topological polar surface area (TPSA) is 156 Å². The van der Waals surface area contributed by atoms with Gasteiger partial charge in [-0.05, 0) is 12.0 Å². The first-order valence-corrected chi connectivity index (χ1v) is 10.5. The lowest BCUT2D eigenvalue weighted by Gasteiger charge is -2.18. The normalized spacial score (nSPS) is 13.3. The highest BCUT2D eigenvalue weighted by atomic mass is 16.6. The van der Waals surface area contributed by atoms with Crippen LogP contribution < -0.4 is 21.3 Å². The van der Waals surface area contributed by atoms with Gasteiger partial charge in [-0.2, -0.15) is 0 Å². The van der Waals surface area contributed by atoms with Crippen molar-refractivity contribution < 1.29 is 28.4 Å². The summed E-state index contributed by atoms with van der Waals surface area (Å²) < 4.78 is 15.2. The monoisotopic (exact) mass is 458 g/mol. The number of rotatable bonds is 11. The Morgan fingerprint density at radius 3 is 2.73 bits per heavy atom. The molecule has 3 rings (SSSR count). The molecule has 2 aromatic rings. The summed E-state index contributed by atoms with van der Waals surface area (Å²) in [7, 11) is 0. The SMILES string of the molecule is O=C(NC(CNC(=O)c1ccno1)C(=O)OCCCNC1=NCCN1)OCc1ccccc1. The minimum Gasteiger partial charge on any atom is -0.464 e. The fraction of sp³-hybridized carbons (Fsp3) is 0.381. The fourth-order valence-electron chi connectivity index (χ4n) is 2.78. The van der Waals surface area contributed by atoms with Crippen molar-refractivity contribution in [2.24, 2.45) is 4.99 Å². The third-order valence-corrected chi connectivity index (χ3v) is 4.45. The number of nitrogens with one attached hydrogen (secondary N) is 4. The van der Waals surface area contributed by atoms with Crippen LogP contribution in [0.25, 0.3) is 0 Å². The van der Waals surface area contributed by atoms with Crippen LogP contribution in [0.1, 0.15) is 22.5 Å². The summed E-state index contributed by atoms with van der Waals surface area (Å²) in [4.78, 5) is 41.0. The number of hydrogen-bond donors (Lipinski definition) is 4. The molecule has 4 N–H and O–H groups in total. The Kier molecular flexibility index (Phi) is 9.06. The van der Waals surface area contributed by atoms with E-state index in [0.717, 1.165) is 24.6 Å². The van der Waals surface area contributed by atoms with Crippen LogP contribution in [0, 0.1) is 0 Å². The first-order valence-electron chi connectivity index (χ1n) is 10.5. The van der Waals surface area contributed by atoms with Gasteiger partial charge in [-0.3, -0.25) is 9.79 Å². The van der Waals surface area contributed by atoms with Crippen LogP contribution in [0.2, 0.25) is 0 Å². The predicted molar refractivity (Wildman–Crippen MR) is 116 cm³/mol. The summed E-state index contributed by atoms with van der Waals surface area (Å²) in [6.45, 7) is 2.00. The van der Waals surface area contributed by atoms with E-state index in [9.17, 15) is 14.4 Å². The summed E-state index contributed by atoms with van der Waals surface area (Å²) in [5, 5.41) is 14.6. The van der Waals surface area contributed by atoms with E-state index < -0.39 is 24.0 Å². The standard InChI is InChI=1S/C21H26N6O6/c28-18(17-7-9-26-33-17)25-13-16(27-21(30)32-14-15-5-2-1-3-6-15)19(29)31-12-4-8-22-20-23-10-11-24-20/h1-3,5-7,9,16H,4,8,10-14H2,(H,25,28)(H,27,30)(H2,22,23,24). The van der Waals surface area contributed by atoms with Gasteiger partial charge in [0.15, 0.2) is 5.96 Å². The highest BCUT2D eigenvalue weighted by molar-refractivity contribution is 5.92. The maximum absolute atomic E-state index is 12.5. The second-order valence-corrected chi connectivity index (χ2v) is 6.95. The molecule has 2 amide bonds. The van der Waals surface area contributed by atoms with Crippen molar-refractivity contribution in [3.05, 3.63) is 53.9 Å². The van der Waals surface area contributed by atoms with Crippen LogP contribution in [0.5, 0.6) is 0 Å². The zero-order valence-corrected chi connectivity index (χ0v) is 17.9. The molecule has 0 radical (unpaired) electrons. The summed E-state index contributed by atoms with van der Waals surface area (Å²) in [5.41, 5.74) is 0.791. The summed E-state index contributed by atoms with van der Waals surface area (Å²) in [6, 6.07) is 9.31. The third-order valence-electron chi connectivity index (χ3n) is 4.45. The van der Waals surface area contributed by atoms with Gasteiger partial charge in [0.25, 0.3) is 5.91 Å². The van der Waals surface area contributed by atoms with Gasteiger partial charge >= 0.3 is 12.1 Å². The molecule has 1 aromatic carbocycles. The van der Waals surface area contributed by atoms with E-state index in [-0.39, 0.29) is 25.5 Å². The molecule has 33 heavy (non-hydrogen) atoms. The van der Waals surface area contributed by atoms with Gasteiger partial charge in [-0.15, -0.1) is 0 Å². The van der Waals surface area contributed by atoms with E-state index in [1.54, 1.807) is 12.1 Å². The number of guanidine groups is 1. The smallest absolute Gasteiger partial charge is 0.408 e. The lowest BCUT2D eigenvalue weighted by molar-refractivity contribution is -0.145.